The summed E-state index contributed by atoms with van der Waals surface area (Å²) in [5.74, 6) is -1.17. The van der Waals surface area contributed by atoms with Crippen molar-refractivity contribution in [1.82, 2.24) is 10.2 Å². The second-order valence-corrected chi connectivity index (χ2v) is 11.5. The zero-order valence-electron chi connectivity index (χ0n) is 22.9. The summed E-state index contributed by atoms with van der Waals surface area (Å²) in [6.45, 7) is 10.7. The maximum absolute atomic E-state index is 14.2. The fourth-order valence-corrected chi connectivity index (χ4v) is 4.68. The SMILES string of the molecule is Cc1cccc(Cl)c1NC(=O)C(c1cccc(O)c1)N(C(=O)C(NC(=O)OC(C)(C)C)C(C)C)C1CCC1. The molecule has 0 heterocycles. The van der Waals surface area contributed by atoms with Crippen molar-refractivity contribution in [3.05, 3.63) is 58.6 Å². The monoisotopic (exact) mass is 543 g/mol. The van der Waals surface area contributed by atoms with Gasteiger partial charge in [-0.05, 0) is 82.2 Å². The van der Waals surface area contributed by atoms with Gasteiger partial charge < -0.3 is 25.4 Å². The number of ether oxygens (including phenoxy) is 1. The molecule has 1 saturated carbocycles. The number of rotatable bonds is 8. The summed E-state index contributed by atoms with van der Waals surface area (Å²) < 4.78 is 5.41. The predicted molar refractivity (Wildman–Crippen MR) is 148 cm³/mol. The minimum absolute atomic E-state index is 0.0254. The lowest BCUT2D eigenvalue weighted by Gasteiger charge is -2.44. The number of alkyl carbamates (subject to hydrolysis) is 1. The number of halogens is 1. The Bertz CT molecular complexity index is 1150. The summed E-state index contributed by atoms with van der Waals surface area (Å²) in [5, 5.41) is 16.3. The lowest BCUT2D eigenvalue weighted by molar-refractivity contribution is -0.146. The molecular weight excluding hydrogens is 506 g/mol. The molecule has 2 atom stereocenters. The Morgan fingerprint density at radius 3 is 2.29 bits per heavy atom. The Kier molecular flexibility index (Phi) is 9.31. The quantitative estimate of drug-likeness (QED) is 0.380. The van der Waals surface area contributed by atoms with E-state index in [1.54, 1.807) is 49.9 Å². The van der Waals surface area contributed by atoms with Crippen LogP contribution in [0.3, 0.4) is 0 Å². The third kappa shape index (κ3) is 7.19. The Morgan fingerprint density at radius 1 is 1.11 bits per heavy atom. The molecule has 9 heteroatoms. The van der Waals surface area contributed by atoms with Crippen LogP contribution < -0.4 is 10.6 Å². The highest BCUT2D eigenvalue weighted by Gasteiger charge is 2.43. The third-order valence-electron chi connectivity index (χ3n) is 6.51. The molecule has 8 nitrogen and oxygen atoms in total. The van der Waals surface area contributed by atoms with E-state index in [1.165, 1.54) is 12.1 Å². The number of amides is 3. The zero-order chi connectivity index (χ0) is 28.2. The van der Waals surface area contributed by atoms with Gasteiger partial charge in [-0.25, -0.2) is 4.79 Å². The van der Waals surface area contributed by atoms with E-state index >= 15 is 0 Å². The minimum atomic E-state index is -1.07. The maximum atomic E-state index is 14.2. The van der Waals surface area contributed by atoms with Crippen LogP contribution in [0.15, 0.2) is 42.5 Å². The van der Waals surface area contributed by atoms with Gasteiger partial charge in [-0.3, -0.25) is 9.59 Å². The summed E-state index contributed by atoms with van der Waals surface area (Å²) in [4.78, 5) is 42.4. The first kappa shape index (κ1) is 29.3. The van der Waals surface area contributed by atoms with Crippen molar-refractivity contribution in [1.29, 1.82) is 0 Å². The molecule has 1 fully saturated rings. The number of aromatic hydroxyl groups is 1. The molecule has 2 aromatic rings. The molecule has 2 unspecified atom stereocenters. The van der Waals surface area contributed by atoms with Crippen LogP contribution in [0.2, 0.25) is 5.02 Å². The van der Waals surface area contributed by atoms with E-state index in [9.17, 15) is 19.5 Å². The van der Waals surface area contributed by atoms with E-state index in [2.05, 4.69) is 10.6 Å². The average molecular weight is 544 g/mol. The van der Waals surface area contributed by atoms with Crippen molar-refractivity contribution >= 4 is 35.2 Å². The van der Waals surface area contributed by atoms with Crippen LogP contribution in [0, 0.1) is 12.8 Å². The Morgan fingerprint density at radius 2 is 1.76 bits per heavy atom. The number of hydrogen-bond donors (Lipinski definition) is 3. The molecule has 0 saturated heterocycles. The van der Waals surface area contributed by atoms with Gasteiger partial charge in [0.15, 0.2) is 0 Å². The van der Waals surface area contributed by atoms with Crippen LogP contribution in [-0.4, -0.2) is 45.6 Å². The molecule has 38 heavy (non-hydrogen) atoms. The van der Waals surface area contributed by atoms with Gasteiger partial charge in [-0.2, -0.15) is 0 Å². The van der Waals surface area contributed by atoms with Crippen LogP contribution in [0.1, 0.15) is 71.0 Å². The first-order chi connectivity index (χ1) is 17.8. The first-order valence-electron chi connectivity index (χ1n) is 12.9. The summed E-state index contributed by atoms with van der Waals surface area (Å²) in [6, 6.07) is 9.41. The van der Waals surface area contributed by atoms with Crippen LogP contribution in [-0.2, 0) is 14.3 Å². The number of carbonyl (C=O) groups is 3. The molecule has 3 N–H and O–H groups in total. The summed E-state index contributed by atoms with van der Waals surface area (Å²) in [6.07, 6.45) is 1.65. The second kappa shape index (κ2) is 12.1. The number of aryl methyl sites for hydroxylation is 1. The number of nitrogens with zero attached hydrogens (tertiary/aromatic N) is 1. The van der Waals surface area contributed by atoms with Gasteiger partial charge in [-0.15, -0.1) is 0 Å². The minimum Gasteiger partial charge on any atom is -0.508 e. The van der Waals surface area contributed by atoms with Gasteiger partial charge in [-0.1, -0.05) is 49.7 Å². The third-order valence-corrected chi connectivity index (χ3v) is 6.83. The summed E-state index contributed by atoms with van der Waals surface area (Å²) in [7, 11) is 0. The van der Waals surface area contributed by atoms with E-state index in [0.717, 1.165) is 24.8 Å². The highest BCUT2D eigenvalue weighted by atomic mass is 35.5. The van der Waals surface area contributed by atoms with Crippen LogP contribution in [0.4, 0.5) is 10.5 Å². The second-order valence-electron chi connectivity index (χ2n) is 11.1. The van der Waals surface area contributed by atoms with E-state index in [0.29, 0.717) is 16.3 Å². The molecular formula is C29H38ClN3O5. The smallest absolute Gasteiger partial charge is 0.408 e. The predicted octanol–water partition coefficient (Wildman–Crippen LogP) is 5.96. The topological polar surface area (TPSA) is 108 Å². The van der Waals surface area contributed by atoms with Gasteiger partial charge >= 0.3 is 6.09 Å². The Hall–Kier alpha value is -3.26. The summed E-state index contributed by atoms with van der Waals surface area (Å²) >= 11 is 6.40. The standard InChI is InChI=1S/C29H38ClN3O5/c1-17(2)23(32-28(37)38-29(4,5)6)27(36)33(20-12-9-13-20)25(19-11-8-14-21(34)16-19)26(35)31-24-18(3)10-7-15-22(24)30/h7-8,10-11,14-17,20,23,25,34H,9,12-13H2,1-6H3,(H,31,35)(H,32,37). The number of phenolic OH excluding ortho intramolecular Hbond substituents is 1. The zero-order valence-corrected chi connectivity index (χ0v) is 23.6. The fraction of sp³-hybridized carbons (Fsp3) is 0.483. The average Bonchev–Trinajstić information content (AvgIpc) is 2.76. The van der Waals surface area contributed by atoms with Gasteiger partial charge in [0.05, 0.1) is 10.7 Å². The number of hydrogen-bond acceptors (Lipinski definition) is 5. The molecule has 0 spiro atoms. The molecule has 3 amide bonds. The van der Waals surface area contributed by atoms with Crippen LogP contribution >= 0.6 is 11.6 Å². The molecule has 0 aromatic heterocycles. The Labute approximate surface area is 229 Å². The normalized spacial score (nSPS) is 15.3. The molecule has 2 aromatic carbocycles. The van der Waals surface area contributed by atoms with E-state index < -0.39 is 35.6 Å². The van der Waals surface area contributed by atoms with E-state index in [-0.39, 0.29) is 17.7 Å². The first-order valence-corrected chi connectivity index (χ1v) is 13.3. The molecule has 0 aliphatic heterocycles. The number of para-hydroxylation sites is 1. The highest BCUT2D eigenvalue weighted by molar-refractivity contribution is 6.34. The number of anilines is 1. The fourth-order valence-electron chi connectivity index (χ4n) is 4.41. The molecule has 3 rings (SSSR count). The lowest BCUT2D eigenvalue weighted by atomic mass is 9.87. The molecule has 1 aliphatic rings. The van der Waals surface area contributed by atoms with E-state index in [4.69, 9.17) is 16.3 Å². The number of carbonyl (C=O) groups excluding carboxylic acids is 3. The van der Waals surface area contributed by atoms with Gasteiger partial charge in [0.1, 0.15) is 23.4 Å². The molecule has 0 bridgehead atoms. The maximum Gasteiger partial charge on any atom is 0.408 e. The lowest BCUT2D eigenvalue weighted by Crippen LogP contribution is -2.58. The van der Waals surface area contributed by atoms with Crippen molar-refractivity contribution in [2.45, 2.75) is 84.5 Å². The van der Waals surface area contributed by atoms with Gasteiger partial charge in [0.2, 0.25) is 5.91 Å². The van der Waals surface area contributed by atoms with Gasteiger partial charge in [0.25, 0.3) is 5.91 Å². The van der Waals surface area contributed by atoms with Gasteiger partial charge in [0, 0.05) is 6.04 Å². The van der Waals surface area contributed by atoms with Crippen molar-refractivity contribution < 1.29 is 24.2 Å². The van der Waals surface area contributed by atoms with Crippen LogP contribution in [0.25, 0.3) is 0 Å². The largest absolute Gasteiger partial charge is 0.508 e. The van der Waals surface area contributed by atoms with Crippen molar-refractivity contribution in [2.24, 2.45) is 5.92 Å². The number of phenols is 1. The van der Waals surface area contributed by atoms with E-state index in [1.807, 2.05) is 26.8 Å². The van der Waals surface area contributed by atoms with Crippen molar-refractivity contribution in [3.8, 4) is 5.75 Å². The number of benzene rings is 2. The number of nitrogens with one attached hydrogen (secondary N) is 2. The molecule has 206 valence electrons. The van der Waals surface area contributed by atoms with Crippen molar-refractivity contribution in [3.63, 3.8) is 0 Å². The molecule has 1 aliphatic carbocycles. The van der Waals surface area contributed by atoms with Crippen molar-refractivity contribution in [2.75, 3.05) is 5.32 Å². The van der Waals surface area contributed by atoms with Crippen LogP contribution in [0.5, 0.6) is 5.75 Å². The summed E-state index contributed by atoms with van der Waals surface area (Å²) in [5.41, 5.74) is 0.942. The highest BCUT2D eigenvalue weighted by Crippen LogP contribution is 2.36. The molecule has 0 radical (unpaired) electrons. The Balaban J connectivity index is 2.05.